The number of hydrogen-bond donors (Lipinski definition) is 1. The molecule has 2 nitrogen and oxygen atoms in total. The van der Waals surface area contributed by atoms with E-state index in [0.29, 0.717) is 8.41 Å². The van der Waals surface area contributed by atoms with E-state index < -0.39 is 5.97 Å². The Kier molecular flexibility index (Phi) is 4.45. The average molecular weight is 357 g/mol. The van der Waals surface area contributed by atoms with Gasteiger partial charge >= 0.3 is 5.97 Å². The van der Waals surface area contributed by atoms with E-state index in [4.69, 9.17) is 5.11 Å². The van der Waals surface area contributed by atoms with E-state index in [1.54, 1.807) is 6.08 Å². The Morgan fingerprint density at radius 1 is 1.77 bits per heavy atom. The van der Waals surface area contributed by atoms with Gasteiger partial charge < -0.3 is 5.11 Å². The molecule has 0 radical (unpaired) electrons. The Hall–Kier alpha value is 0.160. The summed E-state index contributed by atoms with van der Waals surface area (Å²) in [6.45, 7) is 0. The fraction of sp³-hybridized carbons (Fsp3) is 0.444. The van der Waals surface area contributed by atoms with Gasteiger partial charge in [-0.15, -0.1) is 0 Å². The minimum absolute atomic E-state index is 0.380. The number of alkyl halides is 1. The largest absolute Gasteiger partial charge is 0.477 e. The number of hydrogen-bond acceptors (Lipinski definition) is 1. The summed E-state index contributed by atoms with van der Waals surface area (Å²) in [6, 6.07) is 0. The summed E-state index contributed by atoms with van der Waals surface area (Å²) in [4.78, 5) is 11.0. The summed E-state index contributed by atoms with van der Waals surface area (Å²) >= 11 is 5.38. The van der Waals surface area contributed by atoms with Crippen molar-refractivity contribution in [2.75, 3.05) is 0 Å². The van der Waals surface area contributed by atoms with E-state index >= 15 is 0 Å². The van der Waals surface area contributed by atoms with E-state index in [0.717, 1.165) is 24.8 Å². The minimum Gasteiger partial charge on any atom is -0.477 e. The third kappa shape index (κ3) is 3.81. The van der Waals surface area contributed by atoms with Crippen molar-refractivity contribution in [1.29, 1.82) is 0 Å². The molecule has 0 aromatic carbocycles. The van der Waals surface area contributed by atoms with Crippen molar-refractivity contribution >= 4 is 44.5 Å². The van der Waals surface area contributed by atoms with Crippen LogP contribution in [0.15, 0.2) is 21.3 Å². The normalized spacial score (nSPS) is 24.0. The summed E-state index contributed by atoms with van der Waals surface area (Å²) < 4.78 is 0.380. The SMILES string of the molecule is O=C(O)/C(I)=C/C1=CCCC(Br)C1. The summed E-state index contributed by atoms with van der Waals surface area (Å²) in [5.74, 6) is -0.849. The smallest absolute Gasteiger partial charge is 0.341 e. The van der Waals surface area contributed by atoms with Crippen molar-refractivity contribution in [3.63, 3.8) is 0 Å². The quantitative estimate of drug-likeness (QED) is 0.468. The van der Waals surface area contributed by atoms with Crippen molar-refractivity contribution < 1.29 is 9.90 Å². The van der Waals surface area contributed by atoms with Crippen LogP contribution in [0.4, 0.5) is 0 Å². The van der Waals surface area contributed by atoms with Gasteiger partial charge in [-0.3, -0.25) is 0 Å². The maximum absolute atomic E-state index is 10.5. The van der Waals surface area contributed by atoms with Crippen LogP contribution in [0.2, 0.25) is 0 Å². The molecule has 0 aromatic heterocycles. The molecular formula is C9H10BrIO2. The molecule has 0 saturated carbocycles. The first kappa shape index (κ1) is 11.2. The highest BCUT2D eigenvalue weighted by Gasteiger charge is 2.12. The molecule has 1 N–H and O–H groups in total. The second kappa shape index (κ2) is 5.14. The molecule has 1 rings (SSSR count). The summed E-state index contributed by atoms with van der Waals surface area (Å²) in [6.07, 6.45) is 6.96. The topological polar surface area (TPSA) is 37.3 Å². The van der Waals surface area contributed by atoms with Gasteiger partial charge in [0.2, 0.25) is 0 Å². The number of allylic oxidation sites excluding steroid dienone is 3. The van der Waals surface area contributed by atoms with E-state index in [2.05, 4.69) is 22.0 Å². The Bertz CT molecular complexity index is 271. The van der Waals surface area contributed by atoms with Gasteiger partial charge in [0.15, 0.2) is 0 Å². The van der Waals surface area contributed by atoms with Gasteiger partial charge in [-0.1, -0.05) is 22.0 Å². The maximum Gasteiger partial charge on any atom is 0.341 e. The first-order valence-corrected chi connectivity index (χ1v) is 6.02. The van der Waals surface area contributed by atoms with Crippen molar-refractivity contribution in [2.24, 2.45) is 0 Å². The molecule has 0 aromatic rings. The molecule has 0 bridgehead atoms. The zero-order valence-electron chi connectivity index (χ0n) is 6.96. The first-order chi connectivity index (χ1) is 6.09. The van der Waals surface area contributed by atoms with E-state index in [1.807, 2.05) is 22.6 Å². The number of halogens is 2. The molecule has 0 heterocycles. The van der Waals surface area contributed by atoms with Gasteiger partial charge in [0.05, 0.1) is 3.58 Å². The Morgan fingerprint density at radius 2 is 2.46 bits per heavy atom. The highest BCUT2D eigenvalue weighted by atomic mass is 127. The lowest BCUT2D eigenvalue weighted by Gasteiger charge is -2.15. The van der Waals surface area contributed by atoms with Crippen LogP contribution in [-0.4, -0.2) is 15.9 Å². The monoisotopic (exact) mass is 356 g/mol. The highest BCUT2D eigenvalue weighted by molar-refractivity contribution is 14.1. The van der Waals surface area contributed by atoms with Gasteiger partial charge in [0.1, 0.15) is 0 Å². The highest BCUT2D eigenvalue weighted by Crippen LogP contribution is 2.26. The van der Waals surface area contributed by atoms with Crippen molar-refractivity contribution in [3.05, 3.63) is 21.3 Å². The molecule has 4 heteroatoms. The number of carboxylic acids is 1. The molecular weight excluding hydrogens is 347 g/mol. The van der Waals surface area contributed by atoms with Crippen molar-refractivity contribution in [1.82, 2.24) is 0 Å². The first-order valence-electron chi connectivity index (χ1n) is 4.03. The number of aliphatic carboxylic acids is 1. The van der Waals surface area contributed by atoms with Crippen LogP contribution in [-0.2, 0) is 4.79 Å². The predicted molar refractivity (Wildman–Crippen MR) is 64.4 cm³/mol. The van der Waals surface area contributed by atoms with Crippen LogP contribution in [0, 0.1) is 0 Å². The lowest BCUT2D eigenvalue weighted by molar-refractivity contribution is -0.131. The molecule has 13 heavy (non-hydrogen) atoms. The zero-order chi connectivity index (χ0) is 9.84. The van der Waals surface area contributed by atoms with Crippen LogP contribution in [0.25, 0.3) is 0 Å². The standard InChI is InChI=1S/C9H10BrIO2/c10-7-3-1-2-6(4-7)5-8(11)9(12)13/h2,5,7H,1,3-4H2,(H,12,13)/b8-5-. The van der Waals surface area contributed by atoms with Gasteiger partial charge in [-0.05, 0) is 53.5 Å². The molecule has 1 atom stereocenters. The number of carboxylic acid groups (broad SMARTS) is 1. The fourth-order valence-corrected chi connectivity index (χ4v) is 2.27. The number of carbonyl (C=O) groups is 1. The Labute approximate surface area is 99.4 Å². The molecule has 1 aliphatic carbocycles. The summed E-state index contributed by atoms with van der Waals surface area (Å²) in [5.41, 5.74) is 1.12. The molecule has 0 fully saturated rings. The number of rotatable bonds is 2. The van der Waals surface area contributed by atoms with E-state index in [-0.39, 0.29) is 0 Å². The second-order valence-corrected chi connectivity index (χ2v) is 5.41. The van der Waals surface area contributed by atoms with Gasteiger partial charge in [0, 0.05) is 4.83 Å². The zero-order valence-corrected chi connectivity index (χ0v) is 10.7. The third-order valence-corrected chi connectivity index (χ3v) is 3.41. The van der Waals surface area contributed by atoms with Gasteiger partial charge in [-0.2, -0.15) is 0 Å². The maximum atomic E-state index is 10.5. The molecule has 0 amide bonds. The van der Waals surface area contributed by atoms with Crippen LogP contribution in [0.5, 0.6) is 0 Å². The fourth-order valence-electron chi connectivity index (χ4n) is 1.23. The second-order valence-electron chi connectivity index (χ2n) is 2.96. The Balaban J connectivity index is 2.68. The summed E-state index contributed by atoms with van der Waals surface area (Å²) in [7, 11) is 0. The van der Waals surface area contributed by atoms with E-state index in [1.165, 1.54) is 0 Å². The van der Waals surface area contributed by atoms with Crippen molar-refractivity contribution in [2.45, 2.75) is 24.1 Å². The Morgan fingerprint density at radius 3 is 3.00 bits per heavy atom. The van der Waals surface area contributed by atoms with Crippen LogP contribution in [0.3, 0.4) is 0 Å². The lowest BCUT2D eigenvalue weighted by Crippen LogP contribution is -2.04. The molecule has 0 saturated heterocycles. The molecule has 1 unspecified atom stereocenters. The van der Waals surface area contributed by atoms with Crippen molar-refractivity contribution in [3.8, 4) is 0 Å². The molecule has 0 aliphatic heterocycles. The lowest BCUT2D eigenvalue weighted by atomic mass is 9.99. The average Bonchev–Trinajstić information content (AvgIpc) is 2.04. The van der Waals surface area contributed by atoms with E-state index in [9.17, 15) is 4.79 Å². The molecule has 0 spiro atoms. The summed E-state index contributed by atoms with van der Waals surface area (Å²) in [5, 5.41) is 8.66. The minimum atomic E-state index is -0.849. The molecule has 1 aliphatic rings. The van der Waals surface area contributed by atoms with Gasteiger partial charge in [-0.25, -0.2) is 4.79 Å². The van der Waals surface area contributed by atoms with Gasteiger partial charge in [0.25, 0.3) is 0 Å². The third-order valence-electron chi connectivity index (χ3n) is 1.86. The van der Waals surface area contributed by atoms with Crippen LogP contribution < -0.4 is 0 Å². The van der Waals surface area contributed by atoms with Crippen LogP contribution >= 0.6 is 38.5 Å². The van der Waals surface area contributed by atoms with Crippen LogP contribution in [0.1, 0.15) is 19.3 Å². The predicted octanol–water partition coefficient (Wildman–Crippen LogP) is 3.26. The molecule has 72 valence electrons.